The summed E-state index contributed by atoms with van der Waals surface area (Å²) in [5, 5.41) is 9.89. The van der Waals surface area contributed by atoms with Crippen LogP contribution in [0, 0.1) is 18.3 Å². The highest BCUT2D eigenvalue weighted by Crippen LogP contribution is 2.42. The maximum absolute atomic E-state index is 12.9. The van der Waals surface area contributed by atoms with Crippen molar-refractivity contribution in [2.24, 2.45) is 11.3 Å². The van der Waals surface area contributed by atoms with Gasteiger partial charge in [-0.3, -0.25) is 9.59 Å². The van der Waals surface area contributed by atoms with Crippen LogP contribution in [0.5, 0.6) is 0 Å². The van der Waals surface area contributed by atoms with Crippen molar-refractivity contribution in [1.29, 1.82) is 0 Å². The second-order valence-corrected chi connectivity index (χ2v) is 8.02. The topological polar surface area (TPSA) is 86.9 Å². The van der Waals surface area contributed by atoms with E-state index in [4.69, 9.17) is 4.42 Å². The van der Waals surface area contributed by atoms with Gasteiger partial charge < -0.3 is 19.3 Å². The molecule has 2 fully saturated rings. The number of aliphatic carboxylic acids is 1. The van der Waals surface area contributed by atoms with E-state index in [1.807, 2.05) is 42.3 Å². The Hall–Kier alpha value is -2.67. The monoisotopic (exact) mass is 383 g/mol. The van der Waals surface area contributed by atoms with Crippen molar-refractivity contribution in [2.75, 3.05) is 33.2 Å². The summed E-state index contributed by atoms with van der Waals surface area (Å²) < 4.78 is 5.75. The number of carbonyl (C=O) groups is 2. The Balaban J connectivity index is 1.51. The summed E-state index contributed by atoms with van der Waals surface area (Å²) in [6.07, 6.45) is 0.925. The fourth-order valence-electron chi connectivity index (χ4n) is 4.51. The Morgan fingerprint density at radius 3 is 2.75 bits per heavy atom. The van der Waals surface area contributed by atoms with E-state index >= 15 is 0 Å². The van der Waals surface area contributed by atoms with E-state index < -0.39 is 11.4 Å². The number of rotatable bonds is 4. The zero-order valence-electron chi connectivity index (χ0n) is 16.2. The minimum absolute atomic E-state index is 0.00318. The predicted molar refractivity (Wildman–Crippen MR) is 103 cm³/mol. The number of hydrogen-bond donors (Lipinski definition) is 1. The molecular weight excluding hydrogens is 358 g/mol. The van der Waals surface area contributed by atoms with Gasteiger partial charge in [-0.05, 0) is 45.0 Å². The van der Waals surface area contributed by atoms with Crippen LogP contribution in [0.2, 0.25) is 0 Å². The van der Waals surface area contributed by atoms with Crippen molar-refractivity contribution in [3.05, 3.63) is 41.8 Å². The second-order valence-electron chi connectivity index (χ2n) is 8.02. The van der Waals surface area contributed by atoms with Crippen LogP contribution in [0.4, 0.5) is 0 Å². The number of piperidine rings is 1. The molecule has 1 aromatic heterocycles. The van der Waals surface area contributed by atoms with Crippen LogP contribution in [0.1, 0.15) is 17.9 Å². The summed E-state index contributed by atoms with van der Waals surface area (Å²) in [5.41, 5.74) is 0.612. The van der Waals surface area contributed by atoms with Gasteiger partial charge in [-0.1, -0.05) is 18.2 Å². The SMILES string of the molecule is Cc1oc(-c2ccccc2)nc1CC(=O)N1C[C@H]2CCN(C)C[C@@]2(C(=O)O)C1. The van der Waals surface area contributed by atoms with Crippen LogP contribution < -0.4 is 0 Å². The first-order valence-electron chi connectivity index (χ1n) is 9.60. The highest BCUT2D eigenvalue weighted by Gasteiger charge is 2.55. The molecular formula is C21H25N3O4. The minimum Gasteiger partial charge on any atom is -0.481 e. The molecule has 2 aromatic rings. The molecule has 7 heteroatoms. The Labute approximate surface area is 164 Å². The van der Waals surface area contributed by atoms with Gasteiger partial charge >= 0.3 is 5.97 Å². The van der Waals surface area contributed by atoms with Gasteiger partial charge in [0, 0.05) is 25.2 Å². The molecule has 0 unspecified atom stereocenters. The molecule has 0 aliphatic carbocycles. The fraction of sp³-hybridized carbons (Fsp3) is 0.476. The van der Waals surface area contributed by atoms with Crippen LogP contribution in [0.15, 0.2) is 34.7 Å². The molecule has 2 aliphatic rings. The van der Waals surface area contributed by atoms with Crippen LogP contribution >= 0.6 is 0 Å². The van der Waals surface area contributed by atoms with E-state index in [9.17, 15) is 14.7 Å². The molecule has 7 nitrogen and oxygen atoms in total. The van der Waals surface area contributed by atoms with Gasteiger partial charge in [0.05, 0.1) is 12.1 Å². The molecule has 0 bridgehead atoms. The Bertz CT molecular complexity index is 894. The van der Waals surface area contributed by atoms with Gasteiger partial charge in [-0.2, -0.15) is 0 Å². The lowest BCUT2D eigenvalue weighted by molar-refractivity contribution is -0.154. The molecule has 1 N–H and O–H groups in total. The maximum Gasteiger partial charge on any atom is 0.313 e. The standard InChI is InChI=1S/C21H25N3O4/c1-14-17(22-19(28-14)15-6-4-3-5-7-15)10-18(25)24-11-16-8-9-23(2)12-21(16,13-24)20(26)27/h3-7,16H,8-13H2,1-2H3,(H,26,27)/t16-,21-/m1/s1. The van der Waals surface area contributed by atoms with Crippen molar-refractivity contribution in [1.82, 2.24) is 14.8 Å². The van der Waals surface area contributed by atoms with Crippen molar-refractivity contribution in [3.8, 4) is 11.5 Å². The molecule has 2 saturated heterocycles. The molecule has 28 heavy (non-hydrogen) atoms. The smallest absolute Gasteiger partial charge is 0.313 e. The number of oxazole rings is 1. The van der Waals surface area contributed by atoms with E-state index in [0.717, 1.165) is 18.5 Å². The molecule has 2 atom stereocenters. The minimum atomic E-state index is -0.864. The van der Waals surface area contributed by atoms with Crippen LogP contribution in [0.3, 0.4) is 0 Å². The molecule has 1 aromatic carbocycles. The number of hydrogen-bond acceptors (Lipinski definition) is 5. The zero-order valence-corrected chi connectivity index (χ0v) is 16.2. The Kier molecular flexibility index (Phi) is 4.71. The van der Waals surface area contributed by atoms with Crippen molar-refractivity contribution in [2.45, 2.75) is 19.8 Å². The average Bonchev–Trinajstić information content (AvgIpc) is 3.24. The number of nitrogens with zero attached hydrogens (tertiary/aromatic N) is 3. The molecule has 0 spiro atoms. The van der Waals surface area contributed by atoms with Crippen LogP contribution in [0.25, 0.3) is 11.5 Å². The Morgan fingerprint density at radius 1 is 1.29 bits per heavy atom. The number of benzene rings is 1. The van der Waals surface area contributed by atoms with E-state index in [1.165, 1.54) is 0 Å². The van der Waals surface area contributed by atoms with Crippen LogP contribution in [-0.2, 0) is 16.0 Å². The van der Waals surface area contributed by atoms with Gasteiger partial charge in [0.2, 0.25) is 11.8 Å². The number of carbonyl (C=O) groups excluding carboxylic acids is 1. The molecule has 2 aliphatic heterocycles. The quantitative estimate of drug-likeness (QED) is 0.870. The number of aryl methyl sites for hydroxylation is 1. The lowest BCUT2D eigenvalue weighted by atomic mass is 9.73. The van der Waals surface area contributed by atoms with E-state index in [0.29, 0.717) is 30.4 Å². The highest BCUT2D eigenvalue weighted by atomic mass is 16.4. The molecule has 3 heterocycles. The molecule has 0 radical (unpaired) electrons. The zero-order chi connectivity index (χ0) is 19.9. The normalized spacial score (nSPS) is 24.9. The third-order valence-corrected chi connectivity index (χ3v) is 6.12. The third-order valence-electron chi connectivity index (χ3n) is 6.12. The summed E-state index contributed by atoms with van der Waals surface area (Å²) in [6, 6.07) is 9.57. The van der Waals surface area contributed by atoms with Crippen LogP contribution in [-0.4, -0.2) is 65.0 Å². The van der Waals surface area contributed by atoms with E-state index in [-0.39, 0.29) is 24.8 Å². The van der Waals surface area contributed by atoms with Gasteiger partial charge in [-0.25, -0.2) is 4.98 Å². The van der Waals surface area contributed by atoms with Gasteiger partial charge in [0.15, 0.2) is 0 Å². The Morgan fingerprint density at radius 2 is 2.04 bits per heavy atom. The second kappa shape index (κ2) is 7.05. The first-order valence-corrected chi connectivity index (χ1v) is 9.60. The molecule has 148 valence electrons. The van der Waals surface area contributed by atoms with Crippen molar-refractivity contribution < 1.29 is 19.1 Å². The number of carboxylic acids is 1. The number of amides is 1. The largest absolute Gasteiger partial charge is 0.481 e. The van der Waals surface area contributed by atoms with E-state index in [2.05, 4.69) is 4.98 Å². The summed E-state index contributed by atoms with van der Waals surface area (Å²) in [5.74, 6) is 0.233. The highest BCUT2D eigenvalue weighted by molar-refractivity contribution is 5.82. The lowest BCUT2D eigenvalue weighted by Crippen LogP contribution is -2.52. The number of likely N-dealkylation sites (tertiary alicyclic amines) is 2. The average molecular weight is 383 g/mol. The molecule has 1 amide bonds. The van der Waals surface area contributed by atoms with Crippen molar-refractivity contribution >= 4 is 11.9 Å². The number of fused-ring (bicyclic) bond motifs is 1. The first-order chi connectivity index (χ1) is 13.4. The number of aromatic nitrogens is 1. The summed E-state index contributed by atoms with van der Waals surface area (Å²) in [4.78, 5) is 33.3. The first kappa shape index (κ1) is 18.7. The van der Waals surface area contributed by atoms with E-state index in [1.54, 1.807) is 11.8 Å². The molecule has 4 rings (SSSR count). The molecule has 0 saturated carbocycles. The maximum atomic E-state index is 12.9. The van der Waals surface area contributed by atoms with Gasteiger partial charge in [0.1, 0.15) is 11.2 Å². The summed E-state index contributed by atoms with van der Waals surface area (Å²) in [6.45, 7) is 3.92. The lowest BCUT2D eigenvalue weighted by Gasteiger charge is -2.39. The van der Waals surface area contributed by atoms with Gasteiger partial charge in [-0.15, -0.1) is 0 Å². The fourth-order valence-corrected chi connectivity index (χ4v) is 4.51. The van der Waals surface area contributed by atoms with Crippen molar-refractivity contribution in [3.63, 3.8) is 0 Å². The van der Waals surface area contributed by atoms with Gasteiger partial charge in [0.25, 0.3) is 0 Å². The summed E-state index contributed by atoms with van der Waals surface area (Å²) in [7, 11) is 1.94. The summed E-state index contributed by atoms with van der Waals surface area (Å²) >= 11 is 0. The third kappa shape index (κ3) is 3.20. The predicted octanol–water partition coefficient (Wildman–Crippen LogP) is 2.06. The number of carboxylic acid groups (broad SMARTS) is 1.